The molecule has 0 saturated heterocycles. The van der Waals surface area contributed by atoms with E-state index in [-0.39, 0.29) is 11.3 Å². The Morgan fingerprint density at radius 2 is 2.27 bits per heavy atom. The van der Waals surface area contributed by atoms with Crippen molar-refractivity contribution in [2.75, 3.05) is 0 Å². The predicted octanol–water partition coefficient (Wildman–Crippen LogP) is 3.23. The zero-order valence-electron chi connectivity index (χ0n) is 6.53. The highest BCUT2D eigenvalue weighted by molar-refractivity contribution is 9.28. The summed E-state index contributed by atoms with van der Waals surface area (Å²) in [6, 6.07) is 0. The van der Waals surface area contributed by atoms with Crippen LogP contribution in [-0.2, 0) is 4.79 Å². The van der Waals surface area contributed by atoms with E-state index in [1.54, 1.807) is 0 Å². The average Bonchev–Trinajstić information content (AvgIpc) is 1.85. The summed E-state index contributed by atoms with van der Waals surface area (Å²) in [6.07, 6.45) is 2.73. The SMILES string of the molecule is CC1C(=O)CC1(C)C=C(Br)Br. The van der Waals surface area contributed by atoms with Crippen molar-refractivity contribution < 1.29 is 4.79 Å². The van der Waals surface area contributed by atoms with Gasteiger partial charge in [-0.15, -0.1) is 0 Å². The third-order valence-corrected chi connectivity index (χ3v) is 2.92. The van der Waals surface area contributed by atoms with Gasteiger partial charge >= 0.3 is 0 Å². The first-order chi connectivity index (χ1) is 4.96. The Morgan fingerprint density at radius 1 is 1.73 bits per heavy atom. The van der Waals surface area contributed by atoms with Crippen LogP contribution in [0.15, 0.2) is 9.47 Å². The van der Waals surface area contributed by atoms with Crippen molar-refractivity contribution in [3.05, 3.63) is 9.47 Å². The second-order valence-corrected chi connectivity index (χ2v) is 6.08. The maximum atomic E-state index is 11.0. The number of rotatable bonds is 1. The second-order valence-electron chi connectivity index (χ2n) is 3.30. The van der Waals surface area contributed by atoms with Gasteiger partial charge in [0.2, 0.25) is 0 Å². The zero-order valence-corrected chi connectivity index (χ0v) is 9.70. The van der Waals surface area contributed by atoms with Crippen LogP contribution in [0.5, 0.6) is 0 Å². The molecule has 1 saturated carbocycles. The summed E-state index contributed by atoms with van der Waals surface area (Å²) in [5, 5.41) is 0. The average molecular weight is 282 g/mol. The van der Waals surface area contributed by atoms with Crippen molar-refractivity contribution in [2.45, 2.75) is 20.3 Å². The molecule has 0 N–H and O–H groups in total. The Labute approximate surface area is 83.5 Å². The van der Waals surface area contributed by atoms with E-state index in [2.05, 4.69) is 44.9 Å². The summed E-state index contributed by atoms with van der Waals surface area (Å²) < 4.78 is 0.937. The molecule has 62 valence electrons. The highest BCUT2D eigenvalue weighted by Gasteiger charge is 2.45. The van der Waals surface area contributed by atoms with Crippen molar-refractivity contribution in [3.63, 3.8) is 0 Å². The molecule has 0 aliphatic heterocycles. The summed E-state index contributed by atoms with van der Waals surface area (Å²) >= 11 is 6.60. The number of hydrogen-bond donors (Lipinski definition) is 0. The Hall–Kier alpha value is 0.370. The van der Waals surface area contributed by atoms with Gasteiger partial charge in [0.15, 0.2) is 0 Å². The molecule has 1 aliphatic carbocycles. The van der Waals surface area contributed by atoms with Gasteiger partial charge in [0.25, 0.3) is 0 Å². The fraction of sp³-hybridized carbons (Fsp3) is 0.625. The number of allylic oxidation sites excluding steroid dienone is 1. The molecule has 11 heavy (non-hydrogen) atoms. The highest BCUT2D eigenvalue weighted by atomic mass is 79.9. The summed E-state index contributed by atoms with van der Waals surface area (Å²) in [4.78, 5) is 11.0. The molecule has 2 unspecified atom stereocenters. The first kappa shape index (κ1) is 9.46. The Kier molecular flexibility index (Phi) is 2.59. The van der Waals surface area contributed by atoms with Gasteiger partial charge in [-0.05, 0) is 31.9 Å². The van der Waals surface area contributed by atoms with E-state index < -0.39 is 0 Å². The molecule has 0 amide bonds. The highest BCUT2D eigenvalue weighted by Crippen LogP contribution is 2.46. The topological polar surface area (TPSA) is 17.1 Å². The van der Waals surface area contributed by atoms with E-state index in [0.717, 1.165) is 3.39 Å². The largest absolute Gasteiger partial charge is 0.299 e. The number of Topliss-reactive ketones (excluding diaryl/α,β-unsaturated/α-hetero) is 1. The van der Waals surface area contributed by atoms with Gasteiger partial charge in [0.05, 0.1) is 3.39 Å². The van der Waals surface area contributed by atoms with Crippen LogP contribution in [0.3, 0.4) is 0 Å². The predicted molar refractivity (Wildman–Crippen MR) is 52.8 cm³/mol. The quantitative estimate of drug-likeness (QED) is 0.721. The summed E-state index contributed by atoms with van der Waals surface area (Å²) in [5.74, 6) is 0.539. The minimum Gasteiger partial charge on any atom is -0.299 e. The lowest BCUT2D eigenvalue weighted by molar-refractivity contribution is -0.136. The minimum atomic E-state index is 0.0689. The van der Waals surface area contributed by atoms with E-state index in [9.17, 15) is 4.79 Å². The molecular formula is C8H10Br2O. The maximum absolute atomic E-state index is 11.0. The zero-order chi connectivity index (χ0) is 8.65. The smallest absolute Gasteiger partial charge is 0.137 e. The molecule has 0 aromatic carbocycles. The molecule has 1 fully saturated rings. The van der Waals surface area contributed by atoms with Crippen LogP contribution in [0.25, 0.3) is 0 Å². The monoisotopic (exact) mass is 280 g/mol. The third kappa shape index (κ3) is 1.75. The molecule has 0 aromatic heterocycles. The molecule has 0 bridgehead atoms. The van der Waals surface area contributed by atoms with Gasteiger partial charge in [-0.3, -0.25) is 4.79 Å². The van der Waals surface area contributed by atoms with Crippen LogP contribution < -0.4 is 0 Å². The standard InChI is InChI=1S/C8H10Br2O/c1-5-6(11)3-8(5,2)4-7(9)10/h4-5H,3H2,1-2H3. The van der Waals surface area contributed by atoms with Crippen molar-refractivity contribution >= 4 is 37.6 Å². The lowest BCUT2D eigenvalue weighted by Gasteiger charge is -2.41. The minimum absolute atomic E-state index is 0.0689. The van der Waals surface area contributed by atoms with Crippen LogP contribution in [0, 0.1) is 11.3 Å². The molecule has 0 spiro atoms. The molecule has 2 atom stereocenters. The number of carbonyl (C=O) groups excluding carboxylic acids is 1. The summed E-state index contributed by atoms with van der Waals surface area (Å²) in [6.45, 7) is 4.08. The van der Waals surface area contributed by atoms with Crippen LogP contribution in [-0.4, -0.2) is 5.78 Å². The van der Waals surface area contributed by atoms with Gasteiger partial charge in [-0.2, -0.15) is 0 Å². The van der Waals surface area contributed by atoms with Gasteiger partial charge in [0, 0.05) is 17.8 Å². The van der Waals surface area contributed by atoms with Gasteiger partial charge in [-0.25, -0.2) is 0 Å². The number of carbonyl (C=O) groups is 1. The second kappa shape index (κ2) is 3.02. The van der Waals surface area contributed by atoms with Crippen molar-refractivity contribution in [1.29, 1.82) is 0 Å². The fourth-order valence-corrected chi connectivity index (χ4v) is 2.39. The van der Waals surface area contributed by atoms with Gasteiger partial charge in [-0.1, -0.05) is 19.9 Å². The summed E-state index contributed by atoms with van der Waals surface area (Å²) in [5.41, 5.74) is 0.0689. The third-order valence-electron chi connectivity index (χ3n) is 2.47. The lowest BCUT2D eigenvalue weighted by atomic mass is 9.61. The van der Waals surface area contributed by atoms with E-state index >= 15 is 0 Å². The number of hydrogen-bond acceptors (Lipinski definition) is 1. The Morgan fingerprint density at radius 3 is 2.55 bits per heavy atom. The van der Waals surface area contributed by atoms with Crippen molar-refractivity contribution in [1.82, 2.24) is 0 Å². The van der Waals surface area contributed by atoms with Crippen LogP contribution in [0.4, 0.5) is 0 Å². The molecule has 1 rings (SSSR count). The fourth-order valence-electron chi connectivity index (χ4n) is 1.34. The first-order valence-corrected chi connectivity index (χ1v) is 5.11. The number of halogens is 2. The van der Waals surface area contributed by atoms with Gasteiger partial charge < -0.3 is 0 Å². The Balaban J connectivity index is 2.73. The molecule has 3 heteroatoms. The van der Waals surface area contributed by atoms with Gasteiger partial charge in [0.1, 0.15) is 5.78 Å². The van der Waals surface area contributed by atoms with E-state index in [1.807, 2.05) is 6.92 Å². The van der Waals surface area contributed by atoms with Crippen LogP contribution in [0.2, 0.25) is 0 Å². The van der Waals surface area contributed by atoms with E-state index in [1.165, 1.54) is 0 Å². The van der Waals surface area contributed by atoms with E-state index in [4.69, 9.17) is 0 Å². The molecule has 0 aromatic rings. The molecule has 1 nitrogen and oxygen atoms in total. The van der Waals surface area contributed by atoms with Crippen molar-refractivity contribution in [2.24, 2.45) is 11.3 Å². The van der Waals surface area contributed by atoms with E-state index in [0.29, 0.717) is 12.2 Å². The summed E-state index contributed by atoms with van der Waals surface area (Å²) in [7, 11) is 0. The molecule has 1 aliphatic rings. The van der Waals surface area contributed by atoms with Crippen LogP contribution in [0.1, 0.15) is 20.3 Å². The first-order valence-electron chi connectivity index (χ1n) is 3.52. The molecular weight excluding hydrogens is 272 g/mol. The normalized spacial score (nSPS) is 36.4. The molecule has 0 radical (unpaired) electrons. The maximum Gasteiger partial charge on any atom is 0.137 e. The van der Waals surface area contributed by atoms with Crippen LogP contribution >= 0.6 is 31.9 Å². The lowest BCUT2D eigenvalue weighted by Crippen LogP contribution is -2.43. The Bertz CT molecular complexity index is 218. The number of ketones is 1. The van der Waals surface area contributed by atoms with Crippen molar-refractivity contribution in [3.8, 4) is 0 Å². The molecule has 0 heterocycles.